The molecular weight excluding hydrogens is 420 g/mol. The summed E-state index contributed by atoms with van der Waals surface area (Å²) in [7, 11) is 0. The minimum absolute atomic E-state index is 0.0429. The molecule has 4 rings (SSSR count). The Balaban J connectivity index is 1.61. The quantitative estimate of drug-likeness (QED) is 0.422. The second-order valence-corrected chi connectivity index (χ2v) is 7.65. The summed E-state index contributed by atoms with van der Waals surface area (Å²) in [5, 5.41) is 11.0. The van der Waals surface area contributed by atoms with Gasteiger partial charge in [0.1, 0.15) is 18.5 Å². The van der Waals surface area contributed by atoms with Crippen LogP contribution in [0.15, 0.2) is 88.5 Å². The Bertz CT molecular complexity index is 1390. The van der Waals surface area contributed by atoms with Gasteiger partial charge in [-0.15, -0.1) is 0 Å². The number of hydrogen-bond donors (Lipinski definition) is 1. The number of nitrogens with zero attached hydrogens (tertiary/aromatic N) is 2. The Hall–Kier alpha value is -3.97. The smallest absolute Gasteiger partial charge is 0.336 e. The standard InChI is InChI=1S/C26H24N2O5/c1-2-24(30)18-12-14-21(15-13-18)33-17-20(29)16-27-23-11-7-6-10-22(23)25(31)28(26(27)32)19-8-4-3-5-9-19/h3-15,20,29H,2,16-17H2,1H3/t20-/m0/s1. The Kier molecular flexibility index (Phi) is 6.51. The van der Waals surface area contributed by atoms with Crippen LogP contribution in [0.4, 0.5) is 0 Å². The van der Waals surface area contributed by atoms with Crippen LogP contribution in [-0.4, -0.2) is 32.7 Å². The largest absolute Gasteiger partial charge is 0.491 e. The lowest BCUT2D eigenvalue weighted by molar-refractivity contribution is 0.0920. The summed E-state index contributed by atoms with van der Waals surface area (Å²) in [6, 6.07) is 22.2. The number of fused-ring (bicyclic) bond motifs is 1. The van der Waals surface area contributed by atoms with E-state index in [0.717, 1.165) is 4.57 Å². The molecule has 0 spiro atoms. The monoisotopic (exact) mass is 444 g/mol. The maximum atomic E-state index is 13.3. The van der Waals surface area contributed by atoms with Gasteiger partial charge in [-0.25, -0.2) is 9.36 Å². The zero-order chi connectivity index (χ0) is 23.4. The van der Waals surface area contributed by atoms with E-state index in [4.69, 9.17) is 4.74 Å². The summed E-state index contributed by atoms with van der Waals surface area (Å²) in [5.41, 5.74) is 0.559. The number of aromatic nitrogens is 2. The molecule has 0 radical (unpaired) electrons. The van der Waals surface area contributed by atoms with Gasteiger partial charge < -0.3 is 9.84 Å². The van der Waals surface area contributed by atoms with Crippen LogP contribution in [0.2, 0.25) is 0 Å². The van der Waals surface area contributed by atoms with Gasteiger partial charge in [0.05, 0.1) is 23.1 Å². The fraction of sp³-hybridized carbons (Fsp3) is 0.192. The van der Waals surface area contributed by atoms with Crippen LogP contribution in [0, 0.1) is 0 Å². The molecule has 1 aromatic heterocycles. The van der Waals surface area contributed by atoms with E-state index in [1.807, 2.05) is 0 Å². The third-order valence-electron chi connectivity index (χ3n) is 5.40. The van der Waals surface area contributed by atoms with E-state index >= 15 is 0 Å². The SMILES string of the molecule is CCC(=O)c1ccc(OC[C@@H](O)Cn2c(=O)n(-c3ccccc3)c(=O)c3ccccc32)cc1. The Morgan fingerprint density at radius 1 is 0.939 bits per heavy atom. The molecule has 0 saturated heterocycles. The fourth-order valence-electron chi connectivity index (χ4n) is 3.70. The minimum Gasteiger partial charge on any atom is -0.491 e. The first-order valence-electron chi connectivity index (χ1n) is 10.7. The molecule has 1 heterocycles. The van der Waals surface area contributed by atoms with E-state index in [0.29, 0.717) is 34.3 Å². The number of hydrogen-bond acceptors (Lipinski definition) is 5. The molecule has 0 fully saturated rings. The molecule has 0 aliphatic rings. The van der Waals surface area contributed by atoms with Gasteiger partial charge in [0.2, 0.25) is 0 Å². The summed E-state index contributed by atoms with van der Waals surface area (Å²) >= 11 is 0. The molecule has 0 aliphatic heterocycles. The van der Waals surface area contributed by atoms with Gasteiger partial charge in [0, 0.05) is 12.0 Å². The lowest BCUT2D eigenvalue weighted by Crippen LogP contribution is -2.41. The average Bonchev–Trinajstić information content (AvgIpc) is 2.86. The first-order valence-corrected chi connectivity index (χ1v) is 10.7. The predicted octanol–water partition coefficient (Wildman–Crippen LogP) is 3.19. The molecule has 168 valence electrons. The van der Waals surface area contributed by atoms with Gasteiger partial charge in [-0.05, 0) is 48.5 Å². The van der Waals surface area contributed by atoms with Crippen molar-refractivity contribution in [1.82, 2.24) is 9.13 Å². The fourth-order valence-corrected chi connectivity index (χ4v) is 3.70. The molecule has 3 aromatic carbocycles. The lowest BCUT2D eigenvalue weighted by atomic mass is 10.1. The van der Waals surface area contributed by atoms with Crippen molar-refractivity contribution in [3.05, 3.63) is 105 Å². The van der Waals surface area contributed by atoms with Crippen LogP contribution in [0.25, 0.3) is 16.6 Å². The summed E-state index contributed by atoms with van der Waals surface area (Å²) < 4.78 is 8.15. The zero-order valence-corrected chi connectivity index (χ0v) is 18.2. The van der Waals surface area contributed by atoms with Gasteiger partial charge in [-0.1, -0.05) is 37.3 Å². The molecule has 4 aromatic rings. The van der Waals surface area contributed by atoms with E-state index in [2.05, 4.69) is 0 Å². The van der Waals surface area contributed by atoms with Crippen LogP contribution < -0.4 is 16.0 Å². The molecule has 0 amide bonds. The normalized spacial score (nSPS) is 11.9. The van der Waals surface area contributed by atoms with E-state index in [1.54, 1.807) is 85.8 Å². The number of ether oxygens (including phenoxy) is 1. The number of aliphatic hydroxyl groups is 1. The first kappa shape index (κ1) is 22.2. The van der Waals surface area contributed by atoms with Crippen molar-refractivity contribution in [3.8, 4) is 11.4 Å². The molecular formula is C26H24N2O5. The minimum atomic E-state index is -1.01. The summed E-state index contributed by atoms with van der Waals surface area (Å²) in [4.78, 5) is 38.1. The van der Waals surface area contributed by atoms with Crippen molar-refractivity contribution >= 4 is 16.7 Å². The number of Topliss-reactive ketones (excluding diaryl/α,β-unsaturated/α-hetero) is 1. The van der Waals surface area contributed by atoms with Gasteiger partial charge in [-0.2, -0.15) is 0 Å². The summed E-state index contributed by atoms with van der Waals surface area (Å²) in [6.45, 7) is 1.68. The second kappa shape index (κ2) is 9.67. The van der Waals surface area contributed by atoms with Crippen molar-refractivity contribution < 1.29 is 14.6 Å². The number of carbonyl (C=O) groups excluding carboxylic acids is 1. The van der Waals surface area contributed by atoms with E-state index in [9.17, 15) is 19.5 Å². The Labute approximate surface area is 190 Å². The van der Waals surface area contributed by atoms with Crippen LogP contribution in [0.1, 0.15) is 23.7 Å². The second-order valence-electron chi connectivity index (χ2n) is 7.65. The summed E-state index contributed by atoms with van der Waals surface area (Å²) in [5.74, 6) is 0.551. The molecule has 0 unspecified atom stereocenters. The Morgan fingerprint density at radius 3 is 2.30 bits per heavy atom. The molecule has 0 aliphatic carbocycles. The van der Waals surface area contributed by atoms with E-state index in [1.165, 1.54) is 4.57 Å². The lowest BCUT2D eigenvalue weighted by Gasteiger charge is -2.18. The molecule has 7 nitrogen and oxygen atoms in total. The molecule has 1 atom stereocenters. The average molecular weight is 444 g/mol. The number of ketones is 1. The van der Waals surface area contributed by atoms with Crippen LogP contribution in [0.3, 0.4) is 0 Å². The highest BCUT2D eigenvalue weighted by Gasteiger charge is 2.17. The first-order chi connectivity index (χ1) is 16.0. The number of rotatable bonds is 8. The third kappa shape index (κ3) is 4.63. The van der Waals surface area contributed by atoms with Crippen molar-refractivity contribution in [2.24, 2.45) is 0 Å². The van der Waals surface area contributed by atoms with E-state index in [-0.39, 0.29) is 18.9 Å². The van der Waals surface area contributed by atoms with Crippen LogP contribution >= 0.6 is 0 Å². The molecule has 0 saturated carbocycles. The highest BCUT2D eigenvalue weighted by atomic mass is 16.5. The molecule has 0 bridgehead atoms. The molecule has 7 heteroatoms. The number of aliphatic hydroxyl groups excluding tert-OH is 1. The van der Waals surface area contributed by atoms with Crippen LogP contribution in [-0.2, 0) is 6.54 Å². The molecule has 1 N–H and O–H groups in total. The predicted molar refractivity (Wildman–Crippen MR) is 126 cm³/mol. The third-order valence-corrected chi connectivity index (χ3v) is 5.40. The number of carbonyl (C=O) groups is 1. The number of benzene rings is 3. The maximum absolute atomic E-state index is 13.3. The van der Waals surface area contributed by atoms with Gasteiger partial charge in [-0.3, -0.25) is 14.2 Å². The van der Waals surface area contributed by atoms with Crippen LogP contribution in [0.5, 0.6) is 5.75 Å². The van der Waals surface area contributed by atoms with Gasteiger partial charge in [0.25, 0.3) is 5.56 Å². The highest BCUT2D eigenvalue weighted by molar-refractivity contribution is 5.95. The topological polar surface area (TPSA) is 90.5 Å². The highest BCUT2D eigenvalue weighted by Crippen LogP contribution is 2.15. The van der Waals surface area contributed by atoms with Crippen molar-refractivity contribution in [2.75, 3.05) is 6.61 Å². The van der Waals surface area contributed by atoms with Crippen molar-refractivity contribution in [1.29, 1.82) is 0 Å². The maximum Gasteiger partial charge on any atom is 0.336 e. The summed E-state index contributed by atoms with van der Waals surface area (Å²) in [6.07, 6.45) is -0.586. The van der Waals surface area contributed by atoms with Crippen molar-refractivity contribution in [3.63, 3.8) is 0 Å². The molecule has 33 heavy (non-hydrogen) atoms. The van der Waals surface area contributed by atoms with E-state index < -0.39 is 17.4 Å². The van der Waals surface area contributed by atoms with Gasteiger partial charge in [0.15, 0.2) is 5.78 Å². The van der Waals surface area contributed by atoms with Crippen molar-refractivity contribution in [2.45, 2.75) is 26.0 Å². The zero-order valence-electron chi connectivity index (χ0n) is 18.2. The van der Waals surface area contributed by atoms with Gasteiger partial charge >= 0.3 is 5.69 Å². The Morgan fingerprint density at radius 2 is 1.61 bits per heavy atom. The number of para-hydroxylation sites is 2.